The van der Waals surface area contributed by atoms with Gasteiger partial charge in [0.15, 0.2) is 0 Å². The van der Waals surface area contributed by atoms with Crippen molar-refractivity contribution in [3.63, 3.8) is 0 Å². The number of aryl methyl sites for hydroxylation is 1. The minimum absolute atomic E-state index is 0.353. The molecule has 0 N–H and O–H groups in total. The average Bonchev–Trinajstić information content (AvgIpc) is 2.48. The van der Waals surface area contributed by atoms with E-state index in [9.17, 15) is 0 Å². The lowest BCUT2D eigenvalue weighted by Gasteiger charge is -2.09. The lowest BCUT2D eigenvalue weighted by molar-refractivity contribution is 0.302. The normalized spacial score (nSPS) is 10.8. The van der Waals surface area contributed by atoms with Gasteiger partial charge in [-0.15, -0.1) is 0 Å². The van der Waals surface area contributed by atoms with Gasteiger partial charge in [-0.05, 0) is 36.8 Å². The molecule has 3 nitrogen and oxygen atoms in total. The predicted molar refractivity (Wildman–Crippen MR) is 85.1 cm³/mol. The Kier molecular flexibility index (Phi) is 3.95. The molecular formula is C16H12Cl2N2O. The van der Waals surface area contributed by atoms with Gasteiger partial charge < -0.3 is 4.74 Å². The van der Waals surface area contributed by atoms with Gasteiger partial charge in [0.25, 0.3) is 0 Å². The van der Waals surface area contributed by atoms with Crippen LogP contribution in [-0.2, 0) is 6.61 Å². The number of pyridine rings is 2. The lowest BCUT2D eigenvalue weighted by Crippen LogP contribution is -1.98. The molecule has 21 heavy (non-hydrogen) atoms. The van der Waals surface area contributed by atoms with Crippen LogP contribution in [-0.4, -0.2) is 9.97 Å². The van der Waals surface area contributed by atoms with Crippen LogP contribution in [0.2, 0.25) is 10.2 Å². The molecule has 0 amide bonds. The van der Waals surface area contributed by atoms with E-state index in [1.165, 1.54) is 0 Å². The van der Waals surface area contributed by atoms with Crippen LogP contribution < -0.4 is 4.74 Å². The second kappa shape index (κ2) is 5.88. The van der Waals surface area contributed by atoms with Crippen molar-refractivity contribution in [2.75, 3.05) is 0 Å². The summed E-state index contributed by atoms with van der Waals surface area (Å²) in [7, 11) is 0. The smallest absolute Gasteiger partial charge is 0.140 e. The number of nitrogens with zero attached hydrogens (tertiary/aromatic N) is 2. The van der Waals surface area contributed by atoms with E-state index < -0.39 is 0 Å². The molecule has 0 aliphatic heterocycles. The Hall–Kier alpha value is -1.84. The van der Waals surface area contributed by atoms with Crippen LogP contribution in [0.15, 0.2) is 42.6 Å². The fourth-order valence-corrected chi connectivity index (χ4v) is 2.38. The molecule has 0 atom stereocenters. The van der Waals surface area contributed by atoms with Crippen molar-refractivity contribution in [2.45, 2.75) is 13.5 Å². The molecular weight excluding hydrogens is 307 g/mol. The maximum Gasteiger partial charge on any atom is 0.140 e. The van der Waals surface area contributed by atoms with Crippen molar-refractivity contribution in [2.24, 2.45) is 0 Å². The highest BCUT2D eigenvalue weighted by molar-refractivity contribution is 6.33. The maximum atomic E-state index is 6.26. The van der Waals surface area contributed by atoms with E-state index in [1.54, 1.807) is 12.3 Å². The second-order valence-electron chi connectivity index (χ2n) is 4.68. The van der Waals surface area contributed by atoms with Gasteiger partial charge >= 0.3 is 0 Å². The second-order valence-corrected chi connectivity index (χ2v) is 5.45. The highest BCUT2D eigenvalue weighted by Crippen LogP contribution is 2.31. The topological polar surface area (TPSA) is 35.0 Å². The monoisotopic (exact) mass is 318 g/mol. The van der Waals surface area contributed by atoms with Crippen LogP contribution in [0.25, 0.3) is 10.9 Å². The zero-order chi connectivity index (χ0) is 14.8. The molecule has 1 aromatic carbocycles. The zero-order valence-electron chi connectivity index (χ0n) is 11.3. The third-order valence-corrected chi connectivity index (χ3v) is 3.78. The molecule has 5 heteroatoms. The summed E-state index contributed by atoms with van der Waals surface area (Å²) < 4.78 is 5.72. The van der Waals surface area contributed by atoms with E-state index in [0.29, 0.717) is 22.5 Å². The van der Waals surface area contributed by atoms with Crippen molar-refractivity contribution in [1.29, 1.82) is 0 Å². The molecule has 3 rings (SSSR count). The Morgan fingerprint density at radius 1 is 1.14 bits per heavy atom. The molecule has 106 valence electrons. The molecule has 2 aromatic heterocycles. The first-order chi connectivity index (χ1) is 10.1. The molecule has 2 heterocycles. The van der Waals surface area contributed by atoms with Crippen molar-refractivity contribution in [1.82, 2.24) is 9.97 Å². The van der Waals surface area contributed by atoms with Gasteiger partial charge in [-0.1, -0.05) is 29.3 Å². The highest BCUT2D eigenvalue weighted by Gasteiger charge is 2.08. The molecule has 0 bridgehead atoms. The van der Waals surface area contributed by atoms with E-state index in [4.69, 9.17) is 27.9 Å². The lowest BCUT2D eigenvalue weighted by atomic mass is 10.1. The number of halogens is 2. The fraction of sp³-hybridized carbons (Fsp3) is 0.125. The summed E-state index contributed by atoms with van der Waals surface area (Å²) in [5.41, 5.74) is 2.51. The van der Waals surface area contributed by atoms with Gasteiger partial charge in [0.05, 0.1) is 16.2 Å². The summed E-state index contributed by atoms with van der Waals surface area (Å²) in [6, 6.07) is 11.3. The third kappa shape index (κ3) is 3.09. The Balaban J connectivity index is 1.92. The minimum atomic E-state index is 0.353. The van der Waals surface area contributed by atoms with Gasteiger partial charge in [0.2, 0.25) is 0 Å². The molecule has 0 saturated carbocycles. The molecule has 0 fully saturated rings. The third-order valence-electron chi connectivity index (χ3n) is 3.10. The predicted octanol–water partition coefficient (Wildman–Crippen LogP) is 4.82. The van der Waals surface area contributed by atoms with Crippen molar-refractivity contribution < 1.29 is 4.74 Å². The highest BCUT2D eigenvalue weighted by atomic mass is 35.5. The maximum absolute atomic E-state index is 6.26. The quantitative estimate of drug-likeness (QED) is 0.649. The number of aromatic nitrogens is 2. The zero-order valence-corrected chi connectivity index (χ0v) is 12.8. The SMILES string of the molecule is Cc1cc2cc(Cl)c(OCc3ccccn3)cc2nc1Cl. The first-order valence-corrected chi connectivity index (χ1v) is 7.18. The summed E-state index contributed by atoms with van der Waals surface area (Å²) in [4.78, 5) is 8.55. The van der Waals surface area contributed by atoms with Crippen molar-refractivity contribution in [3.05, 3.63) is 64.0 Å². The van der Waals surface area contributed by atoms with Gasteiger partial charge in [-0.3, -0.25) is 4.98 Å². The summed E-state index contributed by atoms with van der Waals surface area (Å²) in [6.07, 6.45) is 1.73. The standard InChI is InChI=1S/C16H12Cl2N2O/c1-10-6-11-7-13(17)15(8-14(11)20-16(10)18)21-9-12-4-2-3-5-19-12/h2-8H,9H2,1H3. The Morgan fingerprint density at radius 2 is 2.00 bits per heavy atom. The van der Waals surface area contributed by atoms with E-state index in [2.05, 4.69) is 9.97 Å². The minimum Gasteiger partial charge on any atom is -0.486 e. The molecule has 0 aliphatic carbocycles. The van der Waals surface area contributed by atoms with Crippen LogP contribution in [0.4, 0.5) is 0 Å². The van der Waals surface area contributed by atoms with Crippen molar-refractivity contribution in [3.8, 4) is 5.75 Å². The number of fused-ring (bicyclic) bond motifs is 1. The summed E-state index contributed by atoms with van der Waals surface area (Å²) in [5, 5.41) is 1.97. The summed E-state index contributed by atoms with van der Waals surface area (Å²) >= 11 is 12.3. The number of benzene rings is 1. The summed E-state index contributed by atoms with van der Waals surface area (Å²) in [6.45, 7) is 2.26. The number of ether oxygens (including phenoxy) is 1. The van der Waals surface area contributed by atoms with E-state index in [1.807, 2.05) is 37.3 Å². The van der Waals surface area contributed by atoms with Gasteiger partial charge in [-0.2, -0.15) is 0 Å². The number of hydrogen-bond donors (Lipinski definition) is 0. The summed E-state index contributed by atoms with van der Waals surface area (Å²) in [5.74, 6) is 0.572. The van der Waals surface area contributed by atoms with E-state index >= 15 is 0 Å². The Labute approximate surface area is 132 Å². The Morgan fingerprint density at radius 3 is 2.76 bits per heavy atom. The van der Waals surface area contributed by atoms with Crippen LogP contribution in [0.5, 0.6) is 5.75 Å². The van der Waals surface area contributed by atoms with Crippen molar-refractivity contribution >= 4 is 34.1 Å². The first-order valence-electron chi connectivity index (χ1n) is 6.42. The van der Waals surface area contributed by atoms with Crippen LogP contribution in [0.3, 0.4) is 0 Å². The van der Waals surface area contributed by atoms with E-state index in [0.717, 1.165) is 22.2 Å². The van der Waals surface area contributed by atoms with Gasteiger partial charge in [0, 0.05) is 17.6 Å². The molecule has 0 saturated heterocycles. The molecule has 0 aliphatic rings. The molecule has 3 aromatic rings. The van der Waals surface area contributed by atoms with E-state index in [-0.39, 0.29) is 0 Å². The number of rotatable bonds is 3. The molecule has 0 radical (unpaired) electrons. The van der Waals surface area contributed by atoms with Crippen LogP contribution in [0, 0.1) is 6.92 Å². The average molecular weight is 319 g/mol. The first kappa shape index (κ1) is 14.1. The fourth-order valence-electron chi connectivity index (χ4n) is 2.00. The van der Waals surface area contributed by atoms with Crippen LogP contribution in [0.1, 0.15) is 11.3 Å². The molecule has 0 unspecified atom stereocenters. The van der Waals surface area contributed by atoms with Gasteiger partial charge in [0.1, 0.15) is 17.5 Å². The molecule has 0 spiro atoms. The largest absolute Gasteiger partial charge is 0.486 e. The Bertz CT molecular complexity index is 791. The number of hydrogen-bond acceptors (Lipinski definition) is 3. The van der Waals surface area contributed by atoms with Gasteiger partial charge in [-0.25, -0.2) is 4.98 Å². The van der Waals surface area contributed by atoms with Crippen LogP contribution >= 0.6 is 23.2 Å².